The molecule has 0 aromatic heterocycles. The van der Waals surface area contributed by atoms with Crippen molar-refractivity contribution in [1.29, 1.82) is 0 Å². The smallest absolute Gasteiger partial charge is 0.374 e. The van der Waals surface area contributed by atoms with E-state index in [2.05, 4.69) is 9.05 Å². The third kappa shape index (κ3) is 12.4. The highest BCUT2D eigenvalue weighted by atomic mass is 31.2. The standard InChI is InChI=1S/C8H20O3Si.C4H11O4P/c1-5-9-12(8-4,10-6-2)11-7-3;1-3-7-9(5,6)8-4-2/h5-8H2,1-4H3;3-4H2,1-2H3,(H,5,6). The topological polar surface area (TPSA) is 83.5 Å². The highest BCUT2D eigenvalue weighted by Gasteiger charge is 2.37. The Hall–Kier alpha value is 0.207. The molecule has 21 heavy (non-hydrogen) atoms. The average molecular weight is 346 g/mol. The van der Waals surface area contributed by atoms with Crippen molar-refractivity contribution >= 4 is 16.6 Å². The van der Waals surface area contributed by atoms with Crippen LogP contribution < -0.4 is 0 Å². The molecular formula is C12H31O7PSi. The van der Waals surface area contributed by atoms with Crippen LogP contribution in [0.5, 0.6) is 0 Å². The summed E-state index contributed by atoms with van der Waals surface area (Å²) in [4.78, 5) is 8.63. The van der Waals surface area contributed by atoms with Crippen LogP contribution in [-0.2, 0) is 26.9 Å². The Kier molecular flexibility index (Phi) is 15.5. The molecule has 0 aromatic rings. The van der Waals surface area contributed by atoms with Crippen molar-refractivity contribution < 1.29 is 31.8 Å². The number of phosphoric acid groups is 1. The molecule has 0 heterocycles. The van der Waals surface area contributed by atoms with E-state index in [1.165, 1.54) is 0 Å². The van der Waals surface area contributed by atoms with Crippen LogP contribution in [0.15, 0.2) is 0 Å². The normalized spacial score (nSPS) is 12.0. The van der Waals surface area contributed by atoms with Gasteiger partial charge in [0.2, 0.25) is 0 Å². The van der Waals surface area contributed by atoms with Crippen LogP contribution in [-0.4, -0.2) is 46.7 Å². The molecular weight excluding hydrogens is 315 g/mol. The van der Waals surface area contributed by atoms with Crippen molar-refractivity contribution in [3.8, 4) is 0 Å². The second-order valence-corrected chi connectivity index (χ2v) is 8.03. The van der Waals surface area contributed by atoms with Gasteiger partial charge < -0.3 is 18.2 Å². The first-order valence-electron chi connectivity index (χ1n) is 7.40. The molecule has 1 N–H and O–H groups in total. The van der Waals surface area contributed by atoms with Gasteiger partial charge in [0, 0.05) is 25.9 Å². The highest BCUT2D eigenvalue weighted by molar-refractivity contribution is 7.47. The lowest BCUT2D eigenvalue weighted by molar-refractivity contribution is 0.0725. The number of hydrogen-bond donors (Lipinski definition) is 1. The lowest BCUT2D eigenvalue weighted by Gasteiger charge is -2.26. The number of hydrogen-bond acceptors (Lipinski definition) is 6. The molecule has 9 heteroatoms. The van der Waals surface area contributed by atoms with Crippen molar-refractivity contribution in [3.05, 3.63) is 0 Å². The van der Waals surface area contributed by atoms with E-state index in [1.54, 1.807) is 13.8 Å². The lowest BCUT2D eigenvalue weighted by atomic mass is 10.9. The summed E-state index contributed by atoms with van der Waals surface area (Å²) in [5, 5.41) is 0. The van der Waals surface area contributed by atoms with Gasteiger partial charge in [-0.15, -0.1) is 0 Å². The van der Waals surface area contributed by atoms with Gasteiger partial charge in [-0.3, -0.25) is 9.05 Å². The Balaban J connectivity index is 0. The van der Waals surface area contributed by atoms with E-state index in [0.29, 0.717) is 19.8 Å². The summed E-state index contributed by atoms with van der Waals surface area (Å²) < 4.78 is 35.9. The average Bonchev–Trinajstić information content (AvgIpc) is 2.40. The zero-order chi connectivity index (χ0) is 16.8. The Morgan fingerprint density at radius 1 is 0.762 bits per heavy atom. The van der Waals surface area contributed by atoms with E-state index in [1.807, 2.05) is 27.7 Å². The second-order valence-electron chi connectivity index (χ2n) is 3.64. The molecule has 130 valence electrons. The van der Waals surface area contributed by atoms with Crippen LogP contribution in [0.25, 0.3) is 0 Å². The van der Waals surface area contributed by atoms with Crippen LogP contribution >= 0.6 is 7.82 Å². The summed E-state index contributed by atoms with van der Waals surface area (Å²) in [6, 6.07) is 0.850. The molecule has 0 aliphatic rings. The molecule has 0 radical (unpaired) electrons. The molecule has 0 saturated heterocycles. The number of phosphoric ester groups is 1. The first-order chi connectivity index (χ1) is 9.86. The van der Waals surface area contributed by atoms with E-state index in [0.717, 1.165) is 6.04 Å². The van der Waals surface area contributed by atoms with Gasteiger partial charge in [0.1, 0.15) is 0 Å². The van der Waals surface area contributed by atoms with Gasteiger partial charge in [0.25, 0.3) is 0 Å². The van der Waals surface area contributed by atoms with Crippen LogP contribution in [0.1, 0.15) is 41.5 Å². The minimum atomic E-state index is -3.69. The molecule has 0 atom stereocenters. The Bertz CT molecular complexity index is 251. The van der Waals surface area contributed by atoms with E-state index < -0.39 is 16.6 Å². The largest absolute Gasteiger partial charge is 0.500 e. The maximum Gasteiger partial charge on any atom is 0.500 e. The summed E-state index contributed by atoms with van der Waals surface area (Å²) in [5.41, 5.74) is 0. The monoisotopic (exact) mass is 346 g/mol. The molecule has 0 unspecified atom stereocenters. The van der Waals surface area contributed by atoms with Gasteiger partial charge in [-0.25, -0.2) is 4.57 Å². The zero-order valence-electron chi connectivity index (χ0n) is 14.1. The van der Waals surface area contributed by atoms with E-state index in [4.69, 9.17) is 18.2 Å². The summed E-state index contributed by atoms with van der Waals surface area (Å²) in [7, 11) is -5.96. The number of rotatable bonds is 11. The third-order valence-corrected chi connectivity index (χ3v) is 6.33. The minimum absolute atomic E-state index is 0.188. The van der Waals surface area contributed by atoms with Gasteiger partial charge in [0.05, 0.1) is 13.2 Å². The summed E-state index contributed by atoms with van der Waals surface area (Å²) >= 11 is 0. The summed E-state index contributed by atoms with van der Waals surface area (Å²) in [6.45, 7) is 13.6. The zero-order valence-corrected chi connectivity index (χ0v) is 16.0. The predicted octanol–water partition coefficient (Wildman–Crippen LogP) is 3.21. The molecule has 0 fully saturated rings. The van der Waals surface area contributed by atoms with Crippen molar-refractivity contribution in [2.75, 3.05) is 33.0 Å². The molecule has 0 spiro atoms. The van der Waals surface area contributed by atoms with Crippen molar-refractivity contribution in [1.82, 2.24) is 0 Å². The molecule has 0 saturated carbocycles. The van der Waals surface area contributed by atoms with Gasteiger partial charge >= 0.3 is 16.6 Å². The van der Waals surface area contributed by atoms with Gasteiger partial charge in [-0.1, -0.05) is 6.92 Å². The highest BCUT2D eigenvalue weighted by Crippen LogP contribution is 2.42. The molecule has 7 nitrogen and oxygen atoms in total. The Morgan fingerprint density at radius 2 is 1.10 bits per heavy atom. The van der Waals surface area contributed by atoms with Crippen molar-refractivity contribution in [2.24, 2.45) is 0 Å². The summed E-state index contributed by atoms with van der Waals surface area (Å²) in [6.07, 6.45) is 0. The van der Waals surface area contributed by atoms with Gasteiger partial charge in [-0.2, -0.15) is 0 Å². The Morgan fingerprint density at radius 3 is 1.29 bits per heavy atom. The third-order valence-electron chi connectivity index (χ3n) is 2.11. The fourth-order valence-corrected chi connectivity index (χ4v) is 4.36. The van der Waals surface area contributed by atoms with Crippen LogP contribution in [0, 0.1) is 0 Å². The van der Waals surface area contributed by atoms with Crippen LogP contribution in [0.3, 0.4) is 0 Å². The molecule has 0 rings (SSSR count). The first-order valence-corrected chi connectivity index (χ1v) is 10.8. The lowest BCUT2D eigenvalue weighted by Crippen LogP contribution is -2.45. The molecule has 0 bridgehead atoms. The fourth-order valence-electron chi connectivity index (χ4n) is 1.45. The van der Waals surface area contributed by atoms with E-state index >= 15 is 0 Å². The van der Waals surface area contributed by atoms with Gasteiger partial charge in [-0.05, 0) is 34.6 Å². The van der Waals surface area contributed by atoms with Crippen LogP contribution in [0.4, 0.5) is 0 Å². The Labute approximate surface area is 129 Å². The maximum atomic E-state index is 10.5. The molecule has 0 aliphatic heterocycles. The SMILES string of the molecule is CCOP(=O)(O)OCC.CCO[Si](CC)(OCC)OCC. The molecule has 0 aromatic carbocycles. The quantitative estimate of drug-likeness (QED) is 0.454. The molecule has 0 aliphatic carbocycles. The summed E-state index contributed by atoms with van der Waals surface area (Å²) in [5.74, 6) is 0. The van der Waals surface area contributed by atoms with Crippen molar-refractivity contribution in [2.45, 2.75) is 47.6 Å². The van der Waals surface area contributed by atoms with Gasteiger partial charge in [0.15, 0.2) is 0 Å². The fraction of sp³-hybridized carbons (Fsp3) is 1.00. The van der Waals surface area contributed by atoms with Crippen molar-refractivity contribution in [3.63, 3.8) is 0 Å². The minimum Gasteiger partial charge on any atom is -0.374 e. The predicted molar refractivity (Wildman–Crippen MR) is 84.2 cm³/mol. The van der Waals surface area contributed by atoms with E-state index in [-0.39, 0.29) is 13.2 Å². The second kappa shape index (κ2) is 13.8. The van der Waals surface area contributed by atoms with E-state index in [9.17, 15) is 4.57 Å². The van der Waals surface area contributed by atoms with Crippen LogP contribution in [0.2, 0.25) is 6.04 Å². The first kappa shape index (κ1) is 23.5. The molecule has 0 amide bonds. The maximum absolute atomic E-state index is 10.5.